The number of nitrogens with two attached hydrogens (primary N) is 1. The van der Waals surface area contributed by atoms with Crippen LogP contribution in [0.1, 0.15) is 38.3 Å². The molecule has 0 heterocycles. The third kappa shape index (κ3) is 3.17. The zero-order valence-electron chi connectivity index (χ0n) is 9.63. The normalized spacial score (nSPS) is 14.8. The summed E-state index contributed by atoms with van der Waals surface area (Å²) in [6.45, 7) is 4.22. The van der Waals surface area contributed by atoms with Crippen molar-refractivity contribution in [3.05, 3.63) is 34.6 Å². The van der Waals surface area contributed by atoms with Crippen LogP contribution in [0.4, 0.5) is 4.39 Å². The molecule has 0 aliphatic carbocycles. The van der Waals surface area contributed by atoms with Crippen molar-refractivity contribution in [1.29, 1.82) is 0 Å². The highest BCUT2D eigenvalue weighted by Crippen LogP contribution is 2.27. The second-order valence-electron chi connectivity index (χ2n) is 4.08. The summed E-state index contributed by atoms with van der Waals surface area (Å²) < 4.78 is 13.3. The van der Waals surface area contributed by atoms with Crippen molar-refractivity contribution in [1.82, 2.24) is 5.43 Å². The lowest BCUT2D eigenvalue weighted by Gasteiger charge is -2.23. The van der Waals surface area contributed by atoms with Crippen LogP contribution in [0.5, 0.6) is 0 Å². The minimum Gasteiger partial charge on any atom is -0.271 e. The van der Waals surface area contributed by atoms with Gasteiger partial charge in [-0.3, -0.25) is 11.3 Å². The molecule has 0 aliphatic heterocycles. The van der Waals surface area contributed by atoms with Gasteiger partial charge >= 0.3 is 0 Å². The Bertz CT molecular complexity index is 344. The number of hydrogen-bond donors (Lipinski definition) is 2. The Morgan fingerprint density at radius 3 is 2.69 bits per heavy atom. The van der Waals surface area contributed by atoms with Crippen molar-refractivity contribution in [2.45, 2.75) is 32.7 Å². The molecule has 0 saturated carbocycles. The summed E-state index contributed by atoms with van der Waals surface area (Å²) in [6, 6.07) is 4.78. The van der Waals surface area contributed by atoms with Gasteiger partial charge in [0, 0.05) is 6.04 Å². The van der Waals surface area contributed by atoms with Crippen molar-refractivity contribution >= 4 is 11.6 Å². The van der Waals surface area contributed by atoms with E-state index in [4.69, 9.17) is 17.4 Å². The first kappa shape index (κ1) is 13.4. The van der Waals surface area contributed by atoms with Gasteiger partial charge in [-0.25, -0.2) is 4.39 Å². The van der Waals surface area contributed by atoms with Gasteiger partial charge in [0.05, 0.1) is 5.02 Å². The summed E-state index contributed by atoms with van der Waals surface area (Å²) in [7, 11) is 0. The summed E-state index contributed by atoms with van der Waals surface area (Å²) in [5.41, 5.74) is 3.58. The zero-order valence-corrected chi connectivity index (χ0v) is 10.4. The van der Waals surface area contributed by atoms with Crippen molar-refractivity contribution in [3.8, 4) is 0 Å². The molecule has 2 atom stereocenters. The maximum Gasteiger partial charge on any atom is 0.142 e. The Morgan fingerprint density at radius 1 is 1.50 bits per heavy atom. The number of nitrogens with one attached hydrogen (secondary N) is 1. The molecule has 2 unspecified atom stereocenters. The molecule has 4 heteroatoms. The Balaban J connectivity index is 2.90. The predicted octanol–water partition coefficient (Wildman–Crippen LogP) is 3.42. The van der Waals surface area contributed by atoms with Gasteiger partial charge in [0.1, 0.15) is 5.82 Å². The van der Waals surface area contributed by atoms with Crippen LogP contribution in [0.3, 0.4) is 0 Å². The van der Waals surface area contributed by atoms with E-state index in [1.54, 1.807) is 6.07 Å². The van der Waals surface area contributed by atoms with Crippen LogP contribution in [-0.2, 0) is 0 Å². The molecule has 2 nitrogen and oxygen atoms in total. The minimum atomic E-state index is -0.400. The van der Waals surface area contributed by atoms with Gasteiger partial charge < -0.3 is 0 Å². The SMILES string of the molecule is CCCC(C)C(NN)c1ccc(Cl)c(F)c1. The molecule has 0 fully saturated rings. The van der Waals surface area contributed by atoms with Gasteiger partial charge in [-0.15, -0.1) is 0 Å². The summed E-state index contributed by atoms with van der Waals surface area (Å²) in [5.74, 6) is 5.48. The molecule has 0 aromatic heterocycles. The zero-order chi connectivity index (χ0) is 12.1. The quantitative estimate of drug-likeness (QED) is 0.615. The van der Waals surface area contributed by atoms with Crippen LogP contribution in [-0.4, -0.2) is 0 Å². The fourth-order valence-corrected chi connectivity index (χ4v) is 2.03. The summed E-state index contributed by atoms with van der Waals surface area (Å²) in [5, 5.41) is 0.141. The number of benzene rings is 1. The van der Waals surface area contributed by atoms with Crippen LogP contribution < -0.4 is 11.3 Å². The predicted molar refractivity (Wildman–Crippen MR) is 65.5 cm³/mol. The Morgan fingerprint density at radius 2 is 2.19 bits per heavy atom. The first-order valence-corrected chi connectivity index (χ1v) is 5.89. The highest BCUT2D eigenvalue weighted by molar-refractivity contribution is 6.30. The lowest BCUT2D eigenvalue weighted by molar-refractivity contribution is 0.367. The van der Waals surface area contributed by atoms with Gasteiger partial charge in [0.15, 0.2) is 0 Å². The number of rotatable bonds is 5. The van der Waals surface area contributed by atoms with E-state index in [0.717, 1.165) is 18.4 Å². The van der Waals surface area contributed by atoms with Crippen LogP contribution in [0.2, 0.25) is 5.02 Å². The molecule has 90 valence electrons. The van der Waals surface area contributed by atoms with Crippen LogP contribution in [0, 0.1) is 11.7 Å². The first-order valence-electron chi connectivity index (χ1n) is 5.51. The van der Waals surface area contributed by atoms with E-state index < -0.39 is 5.82 Å². The molecule has 0 saturated heterocycles. The molecule has 0 radical (unpaired) electrons. The largest absolute Gasteiger partial charge is 0.271 e. The molecule has 16 heavy (non-hydrogen) atoms. The van der Waals surface area contributed by atoms with Gasteiger partial charge in [-0.2, -0.15) is 0 Å². The van der Waals surface area contributed by atoms with Crippen LogP contribution in [0.25, 0.3) is 0 Å². The lowest BCUT2D eigenvalue weighted by Crippen LogP contribution is -2.32. The van der Waals surface area contributed by atoms with Crippen LogP contribution in [0.15, 0.2) is 18.2 Å². The summed E-state index contributed by atoms with van der Waals surface area (Å²) in [4.78, 5) is 0. The molecule has 0 amide bonds. The molecular formula is C12H18ClFN2. The molecule has 3 N–H and O–H groups in total. The van der Waals surface area contributed by atoms with Gasteiger partial charge in [-0.1, -0.05) is 37.9 Å². The molecule has 1 aromatic carbocycles. The Kier molecular flexibility index (Phi) is 5.19. The van der Waals surface area contributed by atoms with Crippen LogP contribution >= 0.6 is 11.6 Å². The lowest BCUT2D eigenvalue weighted by atomic mass is 9.91. The van der Waals surface area contributed by atoms with Gasteiger partial charge in [-0.05, 0) is 30.0 Å². The highest BCUT2D eigenvalue weighted by Gasteiger charge is 2.18. The van der Waals surface area contributed by atoms with Crippen molar-refractivity contribution in [2.24, 2.45) is 11.8 Å². The fourth-order valence-electron chi connectivity index (χ4n) is 1.92. The topological polar surface area (TPSA) is 38.0 Å². The van der Waals surface area contributed by atoms with Crippen molar-refractivity contribution in [3.63, 3.8) is 0 Å². The van der Waals surface area contributed by atoms with E-state index in [0.29, 0.717) is 5.92 Å². The van der Waals surface area contributed by atoms with Gasteiger partial charge in [0.25, 0.3) is 0 Å². The second kappa shape index (κ2) is 6.18. The Labute approximate surface area is 101 Å². The van der Waals surface area contributed by atoms with E-state index in [1.807, 2.05) is 6.07 Å². The molecule has 1 rings (SSSR count). The number of hydrazine groups is 1. The third-order valence-electron chi connectivity index (χ3n) is 2.80. The number of halogens is 2. The van der Waals surface area contributed by atoms with Crippen molar-refractivity contribution < 1.29 is 4.39 Å². The Hall–Kier alpha value is -0.640. The van der Waals surface area contributed by atoms with Crippen molar-refractivity contribution in [2.75, 3.05) is 0 Å². The van der Waals surface area contributed by atoms with Gasteiger partial charge in [0.2, 0.25) is 0 Å². The van der Waals surface area contributed by atoms with E-state index in [2.05, 4.69) is 19.3 Å². The smallest absolute Gasteiger partial charge is 0.142 e. The molecule has 0 bridgehead atoms. The van der Waals surface area contributed by atoms with E-state index in [1.165, 1.54) is 6.07 Å². The monoisotopic (exact) mass is 244 g/mol. The average molecular weight is 245 g/mol. The molecule has 1 aromatic rings. The first-order chi connectivity index (χ1) is 7.60. The minimum absolute atomic E-state index is 0.0354. The van der Waals surface area contributed by atoms with E-state index in [9.17, 15) is 4.39 Å². The number of hydrogen-bond acceptors (Lipinski definition) is 2. The maximum absolute atomic E-state index is 13.3. The third-order valence-corrected chi connectivity index (χ3v) is 3.10. The standard InChI is InChI=1S/C12H18ClFN2/c1-3-4-8(2)12(16-15)9-5-6-10(13)11(14)7-9/h5-8,12,16H,3-4,15H2,1-2H3. The van der Waals surface area contributed by atoms with E-state index >= 15 is 0 Å². The second-order valence-corrected chi connectivity index (χ2v) is 4.49. The molecule has 0 spiro atoms. The summed E-state index contributed by atoms with van der Waals surface area (Å²) >= 11 is 5.64. The maximum atomic E-state index is 13.3. The van der Waals surface area contributed by atoms with E-state index in [-0.39, 0.29) is 11.1 Å². The molecular weight excluding hydrogens is 227 g/mol. The average Bonchev–Trinajstić information content (AvgIpc) is 2.25. The summed E-state index contributed by atoms with van der Waals surface area (Å²) in [6.07, 6.45) is 2.12. The fraction of sp³-hybridized carbons (Fsp3) is 0.500. The molecule has 0 aliphatic rings. The highest BCUT2D eigenvalue weighted by atomic mass is 35.5.